The molecule has 2 aromatic rings. The fraction of sp³-hybridized carbons (Fsp3) is 0.238. The fourth-order valence-corrected chi connectivity index (χ4v) is 3.56. The molecular weight excluding hydrogens is 524 g/mol. The van der Waals surface area contributed by atoms with Gasteiger partial charge in [0.1, 0.15) is 16.5 Å². The Kier molecular flexibility index (Phi) is 7.44. The highest BCUT2D eigenvalue weighted by Gasteiger charge is 2.35. The summed E-state index contributed by atoms with van der Waals surface area (Å²) in [6, 6.07) is 3.69. The highest BCUT2D eigenvalue weighted by Crippen LogP contribution is 2.43. The van der Waals surface area contributed by atoms with Gasteiger partial charge in [-0.15, -0.1) is 0 Å². The predicted molar refractivity (Wildman–Crippen MR) is 119 cm³/mol. The second-order valence-electron chi connectivity index (χ2n) is 6.58. The topological polar surface area (TPSA) is 124 Å². The first-order chi connectivity index (χ1) is 15.7. The summed E-state index contributed by atoms with van der Waals surface area (Å²) in [6.45, 7) is 3.04. The number of esters is 2. The first kappa shape index (κ1) is 24.3. The number of nitrogens with one attached hydrogen (secondary N) is 1. The van der Waals surface area contributed by atoms with Crippen LogP contribution < -0.4 is 14.8 Å². The van der Waals surface area contributed by atoms with Crippen molar-refractivity contribution in [1.82, 2.24) is 10.2 Å². The summed E-state index contributed by atoms with van der Waals surface area (Å²) < 4.78 is 20.9. The second kappa shape index (κ2) is 10.1. The Morgan fingerprint density at radius 3 is 2.67 bits per heavy atom. The van der Waals surface area contributed by atoms with Crippen LogP contribution in [-0.4, -0.2) is 42.5 Å². The third-order valence-corrected chi connectivity index (χ3v) is 5.77. The smallest absolute Gasteiger partial charge is 0.373 e. The van der Waals surface area contributed by atoms with E-state index in [0.29, 0.717) is 10.0 Å². The van der Waals surface area contributed by atoms with Gasteiger partial charge in [-0.05, 0) is 52.7 Å². The average molecular weight is 542 g/mol. The summed E-state index contributed by atoms with van der Waals surface area (Å²) in [5.74, 6) is -1.50. The molecule has 0 spiro atoms. The highest BCUT2D eigenvalue weighted by molar-refractivity contribution is 9.10. The molecule has 0 unspecified atom stereocenters. The van der Waals surface area contributed by atoms with Crippen LogP contribution in [0.3, 0.4) is 0 Å². The van der Waals surface area contributed by atoms with Crippen molar-refractivity contribution in [2.24, 2.45) is 0 Å². The third-order valence-electron chi connectivity index (χ3n) is 4.33. The number of halogens is 2. The van der Waals surface area contributed by atoms with E-state index in [0.717, 1.165) is 4.90 Å². The molecule has 0 saturated carbocycles. The molecule has 1 N–H and O–H groups in total. The maximum atomic E-state index is 12.8. The fourth-order valence-electron chi connectivity index (χ4n) is 2.91. The molecule has 12 heteroatoms. The molecular formula is C21H18BrClN2O8. The Labute approximate surface area is 201 Å². The molecule has 33 heavy (non-hydrogen) atoms. The summed E-state index contributed by atoms with van der Waals surface area (Å²) in [5.41, 5.74) is 0.370. The molecule has 1 aliphatic heterocycles. The van der Waals surface area contributed by atoms with Crippen LogP contribution in [0.2, 0.25) is 5.02 Å². The number of rotatable bonds is 7. The molecule has 1 fully saturated rings. The van der Waals surface area contributed by atoms with Gasteiger partial charge in [-0.2, -0.15) is 0 Å². The van der Waals surface area contributed by atoms with Crippen LogP contribution in [0.1, 0.15) is 35.7 Å². The van der Waals surface area contributed by atoms with Gasteiger partial charge in [-0.1, -0.05) is 11.6 Å². The van der Waals surface area contributed by atoms with Gasteiger partial charge >= 0.3 is 18.0 Å². The monoisotopic (exact) mass is 540 g/mol. The lowest BCUT2D eigenvalue weighted by molar-refractivity contribution is -0.132. The van der Waals surface area contributed by atoms with E-state index in [9.17, 15) is 19.2 Å². The molecule has 174 valence electrons. The van der Waals surface area contributed by atoms with Crippen LogP contribution in [0.5, 0.6) is 11.5 Å². The summed E-state index contributed by atoms with van der Waals surface area (Å²) in [5, 5.41) is 2.54. The number of carbonyl (C=O) groups excluding carboxylic acids is 4. The minimum Gasteiger partial charge on any atom is -0.490 e. The van der Waals surface area contributed by atoms with Crippen LogP contribution in [0, 0.1) is 0 Å². The summed E-state index contributed by atoms with van der Waals surface area (Å²) in [4.78, 5) is 49.1. The van der Waals surface area contributed by atoms with Crippen molar-refractivity contribution >= 4 is 57.5 Å². The number of carbonyl (C=O) groups is 4. The Bertz CT molecular complexity index is 1170. The number of imide groups is 1. The van der Waals surface area contributed by atoms with Gasteiger partial charge < -0.3 is 23.9 Å². The lowest BCUT2D eigenvalue weighted by atomic mass is 10.1. The minimum absolute atomic E-state index is 0.0285. The number of hydrogen-bond donors (Lipinski definition) is 1. The third kappa shape index (κ3) is 5.20. The van der Waals surface area contributed by atoms with E-state index in [-0.39, 0.29) is 46.9 Å². The largest absolute Gasteiger partial charge is 0.490 e. The molecule has 10 nitrogen and oxygen atoms in total. The van der Waals surface area contributed by atoms with Gasteiger partial charge in [0.15, 0.2) is 11.5 Å². The normalized spacial score (nSPS) is 14.5. The Hall–Kier alpha value is -3.31. The Morgan fingerprint density at radius 2 is 2.03 bits per heavy atom. The van der Waals surface area contributed by atoms with E-state index in [2.05, 4.69) is 26.0 Å². The molecule has 1 saturated heterocycles. The first-order valence-electron chi connectivity index (χ1n) is 9.51. The second-order valence-corrected chi connectivity index (χ2v) is 7.76. The highest BCUT2D eigenvalue weighted by atomic mass is 79.9. The van der Waals surface area contributed by atoms with E-state index in [1.54, 1.807) is 6.92 Å². The number of methoxy groups -OCH3 is 1. The van der Waals surface area contributed by atoms with Crippen LogP contribution in [0.15, 0.2) is 32.8 Å². The Morgan fingerprint density at radius 1 is 1.30 bits per heavy atom. The predicted octanol–water partition coefficient (Wildman–Crippen LogP) is 3.90. The number of furan rings is 1. The number of nitrogens with zero attached hydrogens (tertiary/aromatic N) is 1. The van der Waals surface area contributed by atoms with E-state index in [1.165, 1.54) is 38.3 Å². The van der Waals surface area contributed by atoms with Gasteiger partial charge in [0.05, 0.1) is 20.3 Å². The standard InChI is InChI=1S/C21H18BrClN2O8/c1-4-31-15-8-11(16(22)17(23)18(15)32-10(2)26)7-13-19(27)25(21(29)24-13)9-12-5-6-14(33-12)20(28)30-3/h5-8H,4,9H2,1-3H3,(H,24,29)/b13-7-. The zero-order valence-corrected chi connectivity index (χ0v) is 20.0. The van der Waals surface area contributed by atoms with Crippen LogP contribution in [0.4, 0.5) is 4.79 Å². The molecule has 1 aromatic carbocycles. The molecule has 0 aliphatic carbocycles. The molecule has 2 heterocycles. The molecule has 3 rings (SSSR count). The van der Waals surface area contributed by atoms with Crippen molar-refractivity contribution in [3.8, 4) is 11.5 Å². The van der Waals surface area contributed by atoms with E-state index in [4.69, 9.17) is 25.5 Å². The maximum Gasteiger partial charge on any atom is 0.373 e. The van der Waals surface area contributed by atoms with E-state index >= 15 is 0 Å². The van der Waals surface area contributed by atoms with Gasteiger partial charge in [0.25, 0.3) is 5.91 Å². The van der Waals surface area contributed by atoms with Gasteiger partial charge in [-0.25, -0.2) is 9.59 Å². The van der Waals surface area contributed by atoms with Crippen molar-refractivity contribution in [3.05, 3.63) is 50.5 Å². The van der Waals surface area contributed by atoms with E-state index in [1.807, 2.05) is 0 Å². The van der Waals surface area contributed by atoms with Crippen molar-refractivity contribution in [3.63, 3.8) is 0 Å². The number of urea groups is 1. The van der Waals surface area contributed by atoms with Crippen LogP contribution in [-0.2, 0) is 20.9 Å². The molecule has 0 bridgehead atoms. The quantitative estimate of drug-likeness (QED) is 0.242. The number of ether oxygens (including phenoxy) is 3. The summed E-state index contributed by atoms with van der Waals surface area (Å²) >= 11 is 9.66. The molecule has 0 atom stereocenters. The lowest BCUT2D eigenvalue weighted by Gasteiger charge is -2.14. The van der Waals surface area contributed by atoms with Crippen molar-refractivity contribution in [2.45, 2.75) is 20.4 Å². The lowest BCUT2D eigenvalue weighted by Crippen LogP contribution is -2.30. The first-order valence-corrected chi connectivity index (χ1v) is 10.7. The van der Waals surface area contributed by atoms with Gasteiger partial charge in [0, 0.05) is 11.4 Å². The zero-order valence-electron chi connectivity index (χ0n) is 17.7. The van der Waals surface area contributed by atoms with Crippen LogP contribution in [0.25, 0.3) is 6.08 Å². The van der Waals surface area contributed by atoms with Crippen LogP contribution >= 0.6 is 27.5 Å². The molecule has 0 radical (unpaired) electrons. The summed E-state index contributed by atoms with van der Waals surface area (Å²) in [7, 11) is 1.21. The number of benzene rings is 1. The van der Waals surface area contributed by atoms with Crippen molar-refractivity contribution in [1.29, 1.82) is 0 Å². The average Bonchev–Trinajstić information content (AvgIpc) is 3.34. The zero-order chi connectivity index (χ0) is 24.3. The molecule has 1 aliphatic rings. The van der Waals surface area contributed by atoms with Gasteiger partial charge in [0.2, 0.25) is 5.76 Å². The number of amides is 3. The molecule has 1 aromatic heterocycles. The minimum atomic E-state index is -0.678. The number of hydrogen-bond acceptors (Lipinski definition) is 8. The maximum absolute atomic E-state index is 12.8. The van der Waals surface area contributed by atoms with Gasteiger partial charge in [-0.3, -0.25) is 14.5 Å². The SMILES string of the molecule is CCOc1cc(/C=C2\NC(=O)N(Cc3ccc(C(=O)OC)o3)C2=O)c(Br)c(Cl)c1OC(C)=O. The molecule has 3 amide bonds. The van der Waals surface area contributed by atoms with E-state index < -0.39 is 23.9 Å². The summed E-state index contributed by atoms with van der Waals surface area (Å²) in [6.07, 6.45) is 1.40. The van der Waals surface area contributed by atoms with Crippen molar-refractivity contribution < 1.29 is 37.8 Å². The Balaban J connectivity index is 1.90. The van der Waals surface area contributed by atoms with Crippen molar-refractivity contribution in [2.75, 3.05) is 13.7 Å².